The van der Waals surface area contributed by atoms with Crippen LogP contribution in [-0.4, -0.2) is 17.8 Å². The second kappa shape index (κ2) is 9.20. The highest BCUT2D eigenvalue weighted by Gasteiger charge is 2.36. The monoisotopic (exact) mass is 490 g/mol. The summed E-state index contributed by atoms with van der Waals surface area (Å²) < 4.78 is 6.79. The first kappa shape index (κ1) is 21.5. The van der Waals surface area contributed by atoms with Crippen molar-refractivity contribution in [2.75, 3.05) is 4.90 Å². The fraction of sp³-hybridized carbons (Fsp3) is 0.0800. The van der Waals surface area contributed by atoms with Gasteiger partial charge >= 0.3 is 6.03 Å². The summed E-state index contributed by atoms with van der Waals surface area (Å²) in [6.07, 6.45) is 1.46. The number of carbonyl (C=O) groups excluding carboxylic acids is 3. The maximum Gasteiger partial charge on any atom is 0.335 e. The van der Waals surface area contributed by atoms with Crippen molar-refractivity contribution in [3.8, 4) is 5.75 Å². The molecule has 0 bridgehead atoms. The number of anilines is 1. The minimum absolute atomic E-state index is 0.116. The second-order valence-corrected chi connectivity index (χ2v) is 8.20. The van der Waals surface area contributed by atoms with Crippen molar-refractivity contribution in [2.45, 2.75) is 13.5 Å². The number of hydrogen-bond acceptors (Lipinski definition) is 4. The molecule has 4 amide bonds. The first-order valence-corrected chi connectivity index (χ1v) is 10.7. The largest absolute Gasteiger partial charge is 0.489 e. The van der Waals surface area contributed by atoms with Crippen LogP contribution in [0, 0.1) is 6.92 Å². The molecule has 0 atom stereocenters. The van der Waals surface area contributed by atoms with Crippen LogP contribution in [0.2, 0.25) is 0 Å². The molecule has 0 saturated carbocycles. The molecule has 3 aromatic carbocycles. The number of imide groups is 2. The van der Waals surface area contributed by atoms with E-state index < -0.39 is 17.8 Å². The number of nitrogens with zero attached hydrogens (tertiary/aromatic N) is 1. The average molecular weight is 491 g/mol. The summed E-state index contributed by atoms with van der Waals surface area (Å²) in [6, 6.07) is 21.1. The number of hydrogen-bond donors (Lipinski definition) is 1. The van der Waals surface area contributed by atoms with Crippen molar-refractivity contribution in [1.29, 1.82) is 0 Å². The Morgan fingerprint density at radius 2 is 1.69 bits per heavy atom. The van der Waals surface area contributed by atoms with Crippen molar-refractivity contribution in [3.63, 3.8) is 0 Å². The molecule has 7 heteroatoms. The van der Waals surface area contributed by atoms with Gasteiger partial charge in [0.2, 0.25) is 0 Å². The zero-order valence-electron chi connectivity index (χ0n) is 17.2. The first-order valence-electron chi connectivity index (χ1n) is 9.86. The number of urea groups is 1. The maximum absolute atomic E-state index is 13.0. The number of halogens is 1. The van der Waals surface area contributed by atoms with Crippen LogP contribution in [0.1, 0.15) is 16.7 Å². The number of ether oxygens (including phenoxy) is 1. The molecule has 1 aliphatic rings. The van der Waals surface area contributed by atoms with Crippen LogP contribution in [0.3, 0.4) is 0 Å². The number of rotatable bonds is 5. The summed E-state index contributed by atoms with van der Waals surface area (Å²) in [5.41, 5.74) is 2.85. The van der Waals surface area contributed by atoms with E-state index in [1.165, 1.54) is 6.08 Å². The lowest BCUT2D eigenvalue weighted by molar-refractivity contribution is -0.122. The molecule has 1 aliphatic heterocycles. The van der Waals surface area contributed by atoms with Gasteiger partial charge < -0.3 is 4.74 Å². The average Bonchev–Trinajstić information content (AvgIpc) is 2.77. The molecule has 160 valence electrons. The van der Waals surface area contributed by atoms with Crippen LogP contribution in [0.5, 0.6) is 5.75 Å². The summed E-state index contributed by atoms with van der Waals surface area (Å²) in [5, 5.41) is 2.23. The van der Waals surface area contributed by atoms with E-state index in [0.29, 0.717) is 23.6 Å². The van der Waals surface area contributed by atoms with Crippen LogP contribution in [-0.2, 0) is 16.2 Å². The molecule has 6 nitrogen and oxygen atoms in total. The number of carbonyl (C=O) groups is 3. The third kappa shape index (κ3) is 4.78. The zero-order chi connectivity index (χ0) is 22.7. The molecule has 1 heterocycles. The van der Waals surface area contributed by atoms with Crippen LogP contribution in [0.4, 0.5) is 10.5 Å². The Bertz CT molecular complexity index is 1220. The van der Waals surface area contributed by atoms with E-state index in [-0.39, 0.29) is 5.57 Å². The van der Waals surface area contributed by atoms with E-state index in [9.17, 15) is 14.4 Å². The van der Waals surface area contributed by atoms with Crippen molar-refractivity contribution < 1.29 is 19.1 Å². The van der Waals surface area contributed by atoms with Gasteiger partial charge in [-0.2, -0.15) is 0 Å². The van der Waals surface area contributed by atoms with Crippen LogP contribution in [0.15, 0.2) is 82.8 Å². The van der Waals surface area contributed by atoms with Crippen LogP contribution >= 0.6 is 15.9 Å². The third-order valence-corrected chi connectivity index (χ3v) is 5.40. The number of barbiturate groups is 1. The number of aryl methyl sites for hydroxylation is 1. The molecule has 0 spiro atoms. The Kier molecular flexibility index (Phi) is 6.18. The third-order valence-electron chi connectivity index (χ3n) is 4.87. The topological polar surface area (TPSA) is 75.7 Å². The second-order valence-electron chi connectivity index (χ2n) is 7.28. The van der Waals surface area contributed by atoms with Gasteiger partial charge in [-0.15, -0.1) is 0 Å². The maximum atomic E-state index is 13.0. The molecule has 4 rings (SSSR count). The molecule has 1 fully saturated rings. The lowest BCUT2D eigenvalue weighted by Gasteiger charge is -2.26. The van der Waals surface area contributed by atoms with Crippen molar-refractivity contribution in [2.24, 2.45) is 0 Å². The highest BCUT2D eigenvalue weighted by Crippen LogP contribution is 2.23. The van der Waals surface area contributed by atoms with Crippen LogP contribution < -0.4 is 15.0 Å². The molecular weight excluding hydrogens is 472 g/mol. The molecular formula is C25H19BrN2O4. The molecule has 3 aromatic rings. The van der Waals surface area contributed by atoms with E-state index >= 15 is 0 Å². The fourth-order valence-electron chi connectivity index (χ4n) is 3.23. The smallest absolute Gasteiger partial charge is 0.335 e. The minimum atomic E-state index is -0.764. The van der Waals surface area contributed by atoms with Gasteiger partial charge in [-0.3, -0.25) is 14.9 Å². The van der Waals surface area contributed by atoms with Gasteiger partial charge in [-0.25, -0.2) is 9.69 Å². The summed E-state index contributed by atoms with van der Waals surface area (Å²) in [5.74, 6) is -0.731. The summed E-state index contributed by atoms with van der Waals surface area (Å²) >= 11 is 3.40. The Morgan fingerprint density at radius 3 is 2.38 bits per heavy atom. The highest BCUT2D eigenvalue weighted by molar-refractivity contribution is 9.10. The lowest BCUT2D eigenvalue weighted by Crippen LogP contribution is -2.54. The van der Waals surface area contributed by atoms with Gasteiger partial charge in [-0.1, -0.05) is 52.3 Å². The number of amides is 4. The normalized spacial score (nSPS) is 15.1. The van der Waals surface area contributed by atoms with E-state index in [2.05, 4.69) is 21.2 Å². The van der Waals surface area contributed by atoms with E-state index in [4.69, 9.17) is 4.74 Å². The summed E-state index contributed by atoms with van der Waals surface area (Å²) in [7, 11) is 0. The molecule has 32 heavy (non-hydrogen) atoms. The Labute approximate surface area is 193 Å². The van der Waals surface area contributed by atoms with Gasteiger partial charge in [-0.05, 0) is 66.1 Å². The zero-order valence-corrected chi connectivity index (χ0v) is 18.8. The summed E-state index contributed by atoms with van der Waals surface area (Å²) in [4.78, 5) is 38.6. The Morgan fingerprint density at radius 1 is 0.969 bits per heavy atom. The van der Waals surface area contributed by atoms with Gasteiger partial charge in [0.1, 0.15) is 17.9 Å². The van der Waals surface area contributed by atoms with Gasteiger partial charge in [0.15, 0.2) is 0 Å². The molecule has 0 aromatic heterocycles. The molecule has 1 saturated heterocycles. The fourth-order valence-corrected chi connectivity index (χ4v) is 3.50. The minimum Gasteiger partial charge on any atom is -0.489 e. The number of benzene rings is 3. The van der Waals surface area contributed by atoms with E-state index in [0.717, 1.165) is 20.5 Å². The van der Waals surface area contributed by atoms with Crippen LogP contribution in [0.25, 0.3) is 6.08 Å². The highest BCUT2D eigenvalue weighted by atomic mass is 79.9. The molecule has 0 aliphatic carbocycles. The standard InChI is InChI=1S/C25H19BrN2O4/c1-16-3-2-4-20(13-16)28-24(30)22(23(29)27-25(28)31)14-17-7-11-21(12-8-17)32-15-18-5-9-19(26)10-6-18/h2-14H,15H2,1H3,(H,27,29,31)/b22-14+. The SMILES string of the molecule is Cc1cccc(N2C(=O)NC(=O)/C(=C\c3ccc(OCc4ccc(Br)cc4)cc3)C2=O)c1. The lowest BCUT2D eigenvalue weighted by atomic mass is 10.1. The summed E-state index contributed by atoms with van der Waals surface area (Å²) in [6.45, 7) is 2.28. The predicted molar refractivity (Wildman–Crippen MR) is 125 cm³/mol. The quantitative estimate of drug-likeness (QED) is 0.403. The van der Waals surface area contributed by atoms with E-state index in [1.54, 1.807) is 42.5 Å². The molecule has 0 unspecified atom stereocenters. The van der Waals surface area contributed by atoms with E-state index in [1.807, 2.05) is 37.3 Å². The van der Waals surface area contributed by atoms with Crippen molar-refractivity contribution in [3.05, 3.63) is 99.5 Å². The van der Waals surface area contributed by atoms with Gasteiger partial charge in [0.05, 0.1) is 5.69 Å². The van der Waals surface area contributed by atoms with Crippen molar-refractivity contribution >= 4 is 45.5 Å². The van der Waals surface area contributed by atoms with Crippen molar-refractivity contribution in [1.82, 2.24) is 5.32 Å². The first-order chi connectivity index (χ1) is 15.4. The van der Waals surface area contributed by atoms with Gasteiger partial charge in [0, 0.05) is 4.47 Å². The Hall–Kier alpha value is -3.71. The predicted octanol–water partition coefficient (Wildman–Crippen LogP) is 5.00. The molecule has 1 N–H and O–H groups in total. The van der Waals surface area contributed by atoms with Gasteiger partial charge in [0.25, 0.3) is 11.8 Å². The molecule has 0 radical (unpaired) electrons. The Balaban J connectivity index is 1.51. The number of nitrogens with one attached hydrogen (secondary N) is 1.